The fourth-order valence-electron chi connectivity index (χ4n) is 3.37. The lowest BCUT2D eigenvalue weighted by molar-refractivity contribution is -0.00501. The molecule has 0 aromatic carbocycles. The number of ether oxygens (including phenoxy) is 1. The number of carbonyl (C=O) groups is 2. The Labute approximate surface area is 169 Å². The molecule has 0 bridgehead atoms. The van der Waals surface area contributed by atoms with E-state index in [9.17, 15) is 9.59 Å². The zero-order valence-corrected chi connectivity index (χ0v) is 18.0. The highest BCUT2D eigenvalue weighted by Crippen LogP contribution is 2.27. The largest absolute Gasteiger partial charge is 0.459 e. The minimum absolute atomic E-state index is 0.130. The fraction of sp³-hybridized carbons (Fsp3) is 0.550. The molecule has 0 saturated carbocycles. The summed E-state index contributed by atoms with van der Waals surface area (Å²) in [6.07, 6.45) is -0.345. The number of carbonyl (C=O) groups excluding carboxylic acids is 2. The van der Waals surface area contributed by atoms with Crippen LogP contribution in [0.5, 0.6) is 0 Å². The summed E-state index contributed by atoms with van der Waals surface area (Å²) in [7, 11) is 0. The predicted octanol–water partition coefficient (Wildman–Crippen LogP) is 4.18. The van der Waals surface area contributed by atoms with Crippen LogP contribution >= 0.6 is 11.3 Å². The molecule has 3 heterocycles. The third kappa shape index (κ3) is 4.38. The lowest BCUT2D eigenvalue weighted by Gasteiger charge is -2.44. The van der Waals surface area contributed by atoms with Gasteiger partial charge in [0.25, 0.3) is 5.91 Å². The van der Waals surface area contributed by atoms with Gasteiger partial charge in [0.05, 0.1) is 0 Å². The van der Waals surface area contributed by atoms with E-state index in [1.54, 1.807) is 15.2 Å². The summed E-state index contributed by atoms with van der Waals surface area (Å²) in [5, 5.41) is 2.44. The van der Waals surface area contributed by atoms with Crippen LogP contribution in [0.2, 0.25) is 0 Å². The third-order valence-corrected chi connectivity index (χ3v) is 5.34. The van der Waals surface area contributed by atoms with Gasteiger partial charge in [0.15, 0.2) is 10.8 Å². The first-order chi connectivity index (χ1) is 13.0. The van der Waals surface area contributed by atoms with E-state index < -0.39 is 5.60 Å². The molecule has 0 unspecified atom stereocenters. The molecule has 2 atom stereocenters. The quantitative estimate of drug-likeness (QED) is 0.749. The van der Waals surface area contributed by atoms with Crippen molar-refractivity contribution in [1.29, 1.82) is 0 Å². The maximum absolute atomic E-state index is 13.1. The van der Waals surface area contributed by atoms with E-state index in [1.165, 1.54) is 11.3 Å². The molecule has 8 heteroatoms. The van der Waals surface area contributed by atoms with Gasteiger partial charge in [-0.25, -0.2) is 9.78 Å². The van der Waals surface area contributed by atoms with E-state index >= 15 is 0 Å². The summed E-state index contributed by atoms with van der Waals surface area (Å²) >= 11 is 1.39. The molecule has 0 aliphatic carbocycles. The van der Waals surface area contributed by atoms with Crippen LogP contribution in [0.3, 0.4) is 0 Å². The Kier molecular flexibility index (Phi) is 5.52. The first-order valence-corrected chi connectivity index (χ1v) is 10.3. The Morgan fingerprint density at radius 2 is 1.86 bits per heavy atom. The van der Waals surface area contributed by atoms with Crippen LogP contribution in [-0.4, -0.2) is 57.6 Å². The highest BCUT2D eigenvalue weighted by Gasteiger charge is 2.37. The Balaban J connectivity index is 1.71. The predicted molar refractivity (Wildman–Crippen MR) is 107 cm³/mol. The molecule has 2 aromatic heterocycles. The number of hydrogen-bond acceptors (Lipinski definition) is 6. The van der Waals surface area contributed by atoms with Gasteiger partial charge >= 0.3 is 6.09 Å². The Morgan fingerprint density at radius 1 is 1.21 bits per heavy atom. The molecule has 2 amide bonds. The van der Waals surface area contributed by atoms with E-state index in [4.69, 9.17) is 9.15 Å². The molecule has 3 rings (SSSR count). The van der Waals surface area contributed by atoms with Crippen LogP contribution in [0.15, 0.2) is 21.9 Å². The second-order valence-corrected chi connectivity index (χ2v) is 9.10. The van der Waals surface area contributed by atoms with Crippen LogP contribution in [0, 0.1) is 6.92 Å². The van der Waals surface area contributed by atoms with Crippen molar-refractivity contribution in [3.8, 4) is 10.8 Å². The molecule has 1 fully saturated rings. The highest BCUT2D eigenvalue weighted by molar-refractivity contribution is 7.13. The van der Waals surface area contributed by atoms with Crippen molar-refractivity contribution in [2.24, 2.45) is 0 Å². The molecule has 28 heavy (non-hydrogen) atoms. The van der Waals surface area contributed by atoms with Gasteiger partial charge in [0.1, 0.15) is 17.1 Å². The van der Waals surface area contributed by atoms with E-state index in [1.807, 2.05) is 53.7 Å². The van der Waals surface area contributed by atoms with Gasteiger partial charge in [0, 0.05) is 30.6 Å². The van der Waals surface area contributed by atoms with Crippen LogP contribution in [-0.2, 0) is 4.74 Å². The number of aromatic nitrogens is 1. The number of nitrogens with zero attached hydrogens (tertiary/aromatic N) is 3. The molecule has 0 spiro atoms. The standard InChI is InChI=1S/C20H27N3O4S/c1-12-9-22(19(25)27-20(4,5)6)10-13(2)23(12)18(24)15-11-28-17(21-15)16-8-7-14(3)26-16/h7-8,11-13H,9-10H2,1-6H3/t12-,13-/m1/s1. The summed E-state index contributed by atoms with van der Waals surface area (Å²) in [4.78, 5) is 33.4. The van der Waals surface area contributed by atoms with Crippen molar-refractivity contribution in [2.45, 2.75) is 59.2 Å². The first-order valence-electron chi connectivity index (χ1n) is 9.38. The van der Waals surface area contributed by atoms with E-state index in [0.29, 0.717) is 29.6 Å². The van der Waals surface area contributed by atoms with Gasteiger partial charge in [0.2, 0.25) is 0 Å². The van der Waals surface area contributed by atoms with Crippen molar-refractivity contribution in [3.63, 3.8) is 0 Å². The summed E-state index contributed by atoms with van der Waals surface area (Å²) in [6, 6.07) is 3.45. The summed E-state index contributed by atoms with van der Waals surface area (Å²) < 4.78 is 11.1. The monoisotopic (exact) mass is 405 g/mol. The highest BCUT2D eigenvalue weighted by atomic mass is 32.1. The molecule has 1 saturated heterocycles. The number of piperazine rings is 1. The van der Waals surface area contributed by atoms with Crippen LogP contribution in [0.4, 0.5) is 4.79 Å². The van der Waals surface area contributed by atoms with Crippen molar-refractivity contribution < 1.29 is 18.7 Å². The molecular weight excluding hydrogens is 378 g/mol. The summed E-state index contributed by atoms with van der Waals surface area (Å²) in [6.45, 7) is 12.1. The molecule has 152 valence electrons. The number of aryl methyl sites for hydroxylation is 1. The average molecular weight is 406 g/mol. The van der Waals surface area contributed by atoms with Crippen LogP contribution in [0.25, 0.3) is 10.8 Å². The number of furan rings is 1. The molecule has 7 nitrogen and oxygen atoms in total. The second kappa shape index (κ2) is 7.58. The van der Waals surface area contributed by atoms with Gasteiger partial charge < -0.3 is 19.0 Å². The molecule has 0 N–H and O–H groups in total. The van der Waals surface area contributed by atoms with Crippen molar-refractivity contribution in [2.75, 3.05) is 13.1 Å². The fourth-order valence-corrected chi connectivity index (χ4v) is 4.12. The van der Waals surface area contributed by atoms with Gasteiger partial charge in [-0.1, -0.05) is 0 Å². The maximum atomic E-state index is 13.1. The Bertz CT molecular complexity index is 855. The maximum Gasteiger partial charge on any atom is 0.410 e. The van der Waals surface area contributed by atoms with Crippen molar-refractivity contribution >= 4 is 23.3 Å². The normalized spacial score (nSPS) is 20.4. The third-order valence-electron chi connectivity index (χ3n) is 4.48. The molecule has 2 aromatic rings. The first kappa shape index (κ1) is 20.4. The molecule has 0 radical (unpaired) electrons. The van der Waals surface area contributed by atoms with Crippen LogP contribution in [0.1, 0.15) is 50.9 Å². The topological polar surface area (TPSA) is 75.9 Å². The minimum atomic E-state index is -0.544. The minimum Gasteiger partial charge on any atom is -0.459 e. The van der Waals surface area contributed by atoms with E-state index in [-0.39, 0.29) is 24.1 Å². The van der Waals surface area contributed by atoms with Gasteiger partial charge in [-0.3, -0.25) is 4.79 Å². The SMILES string of the molecule is Cc1ccc(-c2nc(C(=O)N3[C@H](C)CN(C(=O)OC(C)(C)C)C[C@H]3C)cs2)o1. The van der Waals surface area contributed by atoms with Crippen LogP contribution < -0.4 is 0 Å². The van der Waals surface area contributed by atoms with Gasteiger partial charge in [-0.05, 0) is 53.7 Å². The number of amides is 2. The molecule has 1 aliphatic rings. The summed E-state index contributed by atoms with van der Waals surface area (Å²) in [5.41, 5.74) is -0.143. The van der Waals surface area contributed by atoms with Crippen molar-refractivity contribution in [3.05, 3.63) is 29.0 Å². The van der Waals surface area contributed by atoms with Gasteiger partial charge in [-0.2, -0.15) is 0 Å². The zero-order valence-electron chi connectivity index (χ0n) is 17.2. The lowest BCUT2D eigenvalue weighted by atomic mass is 10.1. The average Bonchev–Trinajstić information content (AvgIpc) is 3.21. The smallest absolute Gasteiger partial charge is 0.410 e. The molecule has 1 aliphatic heterocycles. The second-order valence-electron chi connectivity index (χ2n) is 8.24. The zero-order chi connectivity index (χ0) is 20.6. The Morgan fingerprint density at radius 3 is 2.39 bits per heavy atom. The summed E-state index contributed by atoms with van der Waals surface area (Å²) in [5.74, 6) is 1.34. The van der Waals surface area contributed by atoms with Gasteiger partial charge in [-0.15, -0.1) is 11.3 Å². The lowest BCUT2D eigenvalue weighted by Crippen LogP contribution is -2.60. The number of thiazole rings is 1. The number of hydrogen-bond donors (Lipinski definition) is 0. The Hall–Kier alpha value is -2.35. The van der Waals surface area contributed by atoms with E-state index in [2.05, 4.69) is 4.98 Å². The van der Waals surface area contributed by atoms with Crippen molar-refractivity contribution in [1.82, 2.24) is 14.8 Å². The molecular formula is C20H27N3O4S. The number of rotatable bonds is 2. The van der Waals surface area contributed by atoms with E-state index in [0.717, 1.165) is 5.76 Å².